The van der Waals surface area contributed by atoms with Gasteiger partial charge in [0.1, 0.15) is 5.75 Å². The number of carbonyl (C=O) groups excluding carboxylic acids is 1. The van der Waals surface area contributed by atoms with Crippen LogP contribution in [-0.2, 0) is 11.2 Å². The van der Waals surface area contributed by atoms with E-state index in [0.717, 1.165) is 5.56 Å². The van der Waals surface area contributed by atoms with Gasteiger partial charge in [0.2, 0.25) is 17.6 Å². The minimum Gasteiger partial charge on any atom is -0.434 e. The molecule has 1 N–H and O–H groups in total. The van der Waals surface area contributed by atoms with Gasteiger partial charge in [-0.05, 0) is 23.6 Å². The number of carbonyl (C=O) groups is 1. The predicted molar refractivity (Wildman–Crippen MR) is 109 cm³/mol. The second kappa shape index (κ2) is 9.09. The number of benzene rings is 1. The Hall–Kier alpha value is -3.18. The summed E-state index contributed by atoms with van der Waals surface area (Å²) in [5, 5.41) is 12.4. The summed E-state index contributed by atoms with van der Waals surface area (Å²) < 4.78 is 34.9. The van der Waals surface area contributed by atoms with E-state index in [1.54, 1.807) is 23.6 Å². The molecule has 3 aromatic heterocycles. The van der Waals surface area contributed by atoms with Crippen molar-refractivity contribution in [3.05, 3.63) is 52.4 Å². The van der Waals surface area contributed by atoms with E-state index in [4.69, 9.17) is 4.52 Å². The van der Waals surface area contributed by atoms with Crippen LogP contribution in [-0.4, -0.2) is 27.6 Å². The highest BCUT2D eigenvalue weighted by Gasteiger charge is 2.15. The van der Waals surface area contributed by atoms with E-state index in [0.29, 0.717) is 28.1 Å². The molecule has 0 bridgehead atoms. The molecule has 11 heteroatoms. The molecule has 0 unspecified atom stereocenters. The van der Waals surface area contributed by atoms with Gasteiger partial charge in [-0.2, -0.15) is 25.1 Å². The summed E-state index contributed by atoms with van der Waals surface area (Å²) in [4.78, 5) is 20.8. The van der Waals surface area contributed by atoms with Crippen molar-refractivity contribution in [1.82, 2.24) is 15.1 Å². The van der Waals surface area contributed by atoms with E-state index in [-0.39, 0.29) is 24.5 Å². The van der Waals surface area contributed by atoms with Crippen molar-refractivity contribution in [3.8, 4) is 28.4 Å². The van der Waals surface area contributed by atoms with Crippen LogP contribution in [0.2, 0.25) is 0 Å². The van der Waals surface area contributed by atoms with Crippen LogP contribution in [0.1, 0.15) is 12.3 Å². The molecule has 7 nitrogen and oxygen atoms in total. The highest BCUT2D eigenvalue weighted by molar-refractivity contribution is 7.14. The molecule has 1 amide bonds. The number of amides is 1. The van der Waals surface area contributed by atoms with Gasteiger partial charge in [-0.1, -0.05) is 17.3 Å². The number of nitrogens with one attached hydrogen (secondary N) is 1. The van der Waals surface area contributed by atoms with Crippen molar-refractivity contribution in [2.24, 2.45) is 0 Å². The van der Waals surface area contributed by atoms with Crippen LogP contribution in [0.25, 0.3) is 22.6 Å². The fourth-order valence-corrected chi connectivity index (χ4v) is 3.96. The quantitative estimate of drug-likeness (QED) is 0.404. The first-order valence-electron chi connectivity index (χ1n) is 8.73. The molecule has 154 valence electrons. The van der Waals surface area contributed by atoms with Crippen molar-refractivity contribution in [1.29, 1.82) is 0 Å². The Balaban J connectivity index is 1.36. The number of rotatable bonds is 8. The van der Waals surface area contributed by atoms with Crippen LogP contribution in [0.4, 0.5) is 13.9 Å². The third-order valence-electron chi connectivity index (χ3n) is 3.94. The van der Waals surface area contributed by atoms with Gasteiger partial charge in [0.15, 0.2) is 5.13 Å². The Bertz CT molecular complexity index is 1130. The number of alkyl halides is 2. The number of thiazole rings is 1. The van der Waals surface area contributed by atoms with Gasteiger partial charge in [0.25, 0.3) is 0 Å². The average molecular weight is 448 g/mol. The molecule has 4 rings (SSSR count). The SMILES string of the molecule is O=C(CCc1nc(-c2ccsc2)no1)Nc1nc(-c2ccccc2OC(F)F)cs1. The van der Waals surface area contributed by atoms with Crippen LogP contribution in [0.3, 0.4) is 0 Å². The summed E-state index contributed by atoms with van der Waals surface area (Å²) in [5.41, 5.74) is 1.72. The molecule has 0 saturated carbocycles. The fourth-order valence-electron chi connectivity index (χ4n) is 2.60. The molecular weight excluding hydrogens is 434 g/mol. The Kier molecular flexibility index (Phi) is 6.10. The van der Waals surface area contributed by atoms with E-state index in [9.17, 15) is 13.6 Å². The van der Waals surface area contributed by atoms with Crippen LogP contribution < -0.4 is 10.1 Å². The number of hydrogen-bond donors (Lipinski definition) is 1. The van der Waals surface area contributed by atoms with E-state index < -0.39 is 6.61 Å². The summed E-state index contributed by atoms with van der Waals surface area (Å²) in [6, 6.07) is 8.24. The number of aromatic nitrogens is 3. The lowest BCUT2D eigenvalue weighted by Crippen LogP contribution is -2.12. The maximum absolute atomic E-state index is 12.6. The van der Waals surface area contributed by atoms with Gasteiger partial charge in [0.05, 0.1) is 5.69 Å². The van der Waals surface area contributed by atoms with Gasteiger partial charge in [-0.15, -0.1) is 11.3 Å². The smallest absolute Gasteiger partial charge is 0.387 e. The van der Waals surface area contributed by atoms with Gasteiger partial charge in [-0.25, -0.2) is 4.98 Å². The van der Waals surface area contributed by atoms with Gasteiger partial charge in [-0.3, -0.25) is 4.79 Å². The highest BCUT2D eigenvalue weighted by atomic mass is 32.1. The average Bonchev–Trinajstić information content (AvgIpc) is 3.48. The molecule has 4 aromatic rings. The number of ether oxygens (including phenoxy) is 1. The minimum atomic E-state index is -2.94. The summed E-state index contributed by atoms with van der Waals surface area (Å²) in [5.74, 6) is 0.599. The molecule has 0 radical (unpaired) electrons. The number of nitrogens with zero attached hydrogens (tertiary/aromatic N) is 3. The lowest BCUT2D eigenvalue weighted by atomic mass is 10.1. The Morgan fingerprint density at radius 3 is 2.87 bits per heavy atom. The van der Waals surface area contributed by atoms with Crippen molar-refractivity contribution in [2.45, 2.75) is 19.5 Å². The molecule has 1 aromatic carbocycles. The standard InChI is InChI=1S/C19H14F2N4O3S2/c20-18(21)27-14-4-2-1-3-12(14)13-10-30-19(22-13)23-15(26)5-6-16-24-17(25-28-16)11-7-8-29-9-11/h1-4,7-10,18H,5-6H2,(H,22,23,26). The Labute approximate surface area is 177 Å². The van der Waals surface area contributed by atoms with Crippen LogP contribution in [0, 0.1) is 0 Å². The number of aryl methyl sites for hydroxylation is 1. The van der Waals surface area contributed by atoms with E-state index >= 15 is 0 Å². The third kappa shape index (κ3) is 4.86. The molecule has 0 saturated heterocycles. The molecule has 30 heavy (non-hydrogen) atoms. The number of halogens is 2. The van der Waals surface area contributed by atoms with E-state index in [1.807, 2.05) is 16.8 Å². The third-order valence-corrected chi connectivity index (χ3v) is 5.38. The number of hydrogen-bond acceptors (Lipinski definition) is 8. The topological polar surface area (TPSA) is 90.1 Å². The molecule has 0 fully saturated rings. The zero-order valence-electron chi connectivity index (χ0n) is 15.2. The summed E-state index contributed by atoms with van der Waals surface area (Å²) >= 11 is 2.72. The normalized spacial score (nSPS) is 11.0. The lowest BCUT2D eigenvalue weighted by molar-refractivity contribution is -0.116. The van der Waals surface area contributed by atoms with Crippen molar-refractivity contribution >= 4 is 33.7 Å². The molecule has 0 aliphatic rings. The van der Waals surface area contributed by atoms with Gasteiger partial charge < -0.3 is 14.6 Å². The maximum atomic E-state index is 12.6. The van der Waals surface area contributed by atoms with Crippen molar-refractivity contribution < 1.29 is 22.8 Å². The molecule has 0 atom stereocenters. The first kappa shape index (κ1) is 20.1. The highest BCUT2D eigenvalue weighted by Crippen LogP contribution is 2.33. The second-order valence-corrected chi connectivity index (χ2v) is 7.62. The molecule has 0 aliphatic heterocycles. The molecular formula is C19H14F2N4O3S2. The summed E-state index contributed by atoms with van der Waals surface area (Å²) in [6.45, 7) is -2.94. The molecule has 0 spiro atoms. The first-order chi connectivity index (χ1) is 14.6. The lowest BCUT2D eigenvalue weighted by Gasteiger charge is -2.08. The molecule has 3 heterocycles. The Morgan fingerprint density at radius 2 is 2.07 bits per heavy atom. The number of para-hydroxylation sites is 1. The largest absolute Gasteiger partial charge is 0.434 e. The van der Waals surface area contributed by atoms with Crippen molar-refractivity contribution in [3.63, 3.8) is 0 Å². The van der Waals surface area contributed by atoms with Crippen molar-refractivity contribution in [2.75, 3.05) is 5.32 Å². The van der Waals surface area contributed by atoms with Crippen LogP contribution >= 0.6 is 22.7 Å². The predicted octanol–water partition coefficient (Wildman–Crippen LogP) is 5.09. The fraction of sp³-hybridized carbons (Fsp3) is 0.158. The summed E-state index contributed by atoms with van der Waals surface area (Å²) in [7, 11) is 0. The molecule has 0 aliphatic carbocycles. The van der Waals surface area contributed by atoms with E-state index in [2.05, 4.69) is 25.2 Å². The maximum Gasteiger partial charge on any atom is 0.387 e. The first-order valence-corrected chi connectivity index (χ1v) is 10.6. The van der Waals surface area contributed by atoms with E-state index in [1.165, 1.54) is 28.7 Å². The minimum absolute atomic E-state index is 0.0218. The number of anilines is 1. The second-order valence-electron chi connectivity index (χ2n) is 5.98. The summed E-state index contributed by atoms with van der Waals surface area (Å²) in [6.07, 6.45) is 0.414. The zero-order chi connectivity index (χ0) is 20.9. The van der Waals surface area contributed by atoms with Crippen LogP contribution in [0.5, 0.6) is 5.75 Å². The zero-order valence-corrected chi connectivity index (χ0v) is 16.9. The number of thiophene rings is 1. The van der Waals surface area contributed by atoms with Gasteiger partial charge in [0, 0.05) is 34.7 Å². The van der Waals surface area contributed by atoms with Gasteiger partial charge >= 0.3 is 6.61 Å². The monoisotopic (exact) mass is 448 g/mol. The Morgan fingerprint density at radius 1 is 1.20 bits per heavy atom. The van der Waals surface area contributed by atoms with Crippen LogP contribution in [0.15, 0.2) is 51.0 Å².